The van der Waals surface area contributed by atoms with Gasteiger partial charge in [-0.05, 0) is 24.3 Å². The number of hydrogen-bond acceptors (Lipinski definition) is 5. The molecule has 2 aliphatic rings. The molecule has 10 heteroatoms. The van der Waals surface area contributed by atoms with Crippen LogP contribution < -0.4 is 15.5 Å². The van der Waals surface area contributed by atoms with E-state index in [4.69, 9.17) is 0 Å². The van der Waals surface area contributed by atoms with Gasteiger partial charge < -0.3 is 20.1 Å². The van der Waals surface area contributed by atoms with Crippen LogP contribution in [0, 0.1) is 11.8 Å². The monoisotopic (exact) mass is 454 g/mol. The number of benzene rings is 1. The number of aryl methyl sites for hydroxylation is 1. The predicted molar refractivity (Wildman–Crippen MR) is 120 cm³/mol. The summed E-state index contributed by atoms with van der Waals surface area (Å²) in [5, 5.41) is 6.05. The van der Waals surface area contributed by atoms with E-state index in [0.29, 0.717) is 56.9 Å². The van der Waals surface area contributed by atoms with Crippen molar-refractivity contribution >= 4 is 34.1 Å². The number of nitrogens with one attached hydrogen (secondary N) is 2. The van der Waals surface area contributed by atoms with Crippen LogP contribution in [0.2, 0.25) is 0 Å². The van der Waals surface area contributed by atoms with Gasteiger partial charge in [-0.3, -0.25) is 14.5 Å². The van der Waals surface area contributed by atoms with Gasteiger partial charge in [0, 0.05) is 69.9 Å². The molecule has 0 spiro atoms. The van der Waals surface area contributed by atoms with Crippen molar-refractivity contribution in [3.05, 3.63) is 53.5 Å². The van der Waals surface area contributed by atoms with Crippen LogP contribution in [0.25, 0.3) is 10.9 Å². The number of piperazine rings is 1. The third-order valence-corrected chi connectivity index (χ3v) is 6.30. The summed E-state index contributed by atoms with van der Waals surface area (Å²) in [5.74, 6) is -1.72. The van der Waals surface area contributed by atoms with Crippen LogP contribution in [-0.4, -0.2) is 59.5 Å². The van der Waals surface area contributed by atoms with Gasteiger partial charge in [0.15, 0.2) is 5.82 Å². The molecule has 0 bridgehead atoms. The predicted octanol–water partition coefficient (Wildman–Crippen LogP) is 2.34. The average molecular weight is 454 g/mol. The van der Waals surface area contributed by atoms with Gasteiger partial charge >= 0.3 is 0 Å². The van der Waals surface area contributed by atoms with E-state index >= 15 is 4.39 Å². The molecule has 0 atom stereocenters. The van der Waals surface area contributed by atoms with Crippen molar-refractivity contribution in [2.75, 3.05) is 43.4 Å². The highest BCUT2D eigenvalue weighted by atomic mass is 19.1. The van der Waals surface area contributed by atoms with Crippen LogP contribution in [0.4, 0.5) is 20.2 Å². The molecule has 0 unspecified atom stereocenters. The number of hydrogen-bond donors (Lipinski definition) is 2. The summed E-state index contributed by atoms with van der Waals surface area (Å²) in [7, 11) is 1.47. The molecule has 8 nitrogen and oxygen atoms in total. The molecule has 2 aromatic heterocycles. The second-order valence-electron chi connectivity index (χ2n) is 8.32. The van der Waals surface area contributed by atoms with Gasteiger partial charge in [0.1, 0.15) is 11.4 Å². The van der Waals surface area contributed by atoms with E-state index in [1.807, 2.05) is 27.8 Å². The number of amides is 2. The summed E-state index contributed by atoms with van der Waals surface area (Å²) in [4.78, 5) is 31.4. The third kappa shape index (κ3) is 3.91. The van der Waals surface area contributed by atoms with Gasteiger partial charge in [0.05, 0.1) is 11.2 Å². The first-order chi connectivity index (χ1) is 15.9. The molecule has 3 aromatic rings. The third-order valence-electron chi connectivity index (χ3n) is 6.30. The Morgan fingerprint density at radius 1 is 1.15 bits per heavy atom. The van der Waals surface area contributed by atoms with Crippen LogP contribution in [0.5, 0.6) is 0 Å². The second kappa shape index (κ2) is 8.43. The van der Waals surface area contributed by atoms with Crippen LogP contribution in [0.3, 0.4) is 0 Å². The first kappa shape index (κ1) is 21.3. The Hall–Kier alpha value is -3.53. The van der Waals surface area contributed by atoms with Crippen LogP contribution >= 0.6 is 0 Å². The van der Waals surface area contributed by atoms with Crippen molar-refractivity contribution in [2.24, 2.45) is 0 Å². The number of pyridine rings is 1. The van der Waals surface area contributed by atoms with Crippen molar-refractivity contribution in [3.8, 4) is 0 Å². The largest absolute Gasteiger partial charge is 0.365 e. The zero-order valence-electron chi connectivity index (χ0n) is 18.2. The lowest BCUT2D eigenvalue weighted by Crippen LogP contribution is -2.46. The number of carbonyl (C=O) groups is 2. The standard InChI is InChI=1S/C23H24F2N6O2/c1-26-23(33)16-2-3-17(22(25)27-16)30-10-8-29(9-11-30)13-15-12-14-4-6-31-7-5-18(32)28-20(19(15)24)21(14)31/h2-4,6,12H,5,7-11,13H2,1H3,(H,26,33)(H,28,32). The maximum absolute atomic E-state index is 15.4. The van der Waals surface area contributed by atoms with Crippen molar-refractivity contribution in [1.29, 1.82) is 0 Å². The van der Waals surface area contributed by atoms with E-state index in [2.05, 4.69) is 20.5 Å². The van der Waals surface area contributed by atoms with Gasteiger partial charge in [0.25, 0.3) is 5.91 Å². The molecule has 172 valence electrons. The zero-order chi connectivity index (χ0) is 23.1. The Labute approximate surface area is 189 Å². The molecule has 1 aromatic carbocycles. The van der Waals surface area contributed by atoms with E-state index in [-0.39, 0.29) is 17.3 Å². The minimum atomic E-state index is -0.684. The SMILES string of the molecule is CNC(=O)c1ccc(N2CCN(Cc3cc4ccn5c4c(c3F)NC(=O)CC5)CC2)c(F)n1. The summed E-state index contributed by atoms with van der Waals surface area (Å²) < 4.78 is 31.8. The maximum atomic E-state index is 15.4. The lowest BCUT2D eigenvalue weighted by molar-refractivity contribution is -0.116. The van der Waals surface area contributed by atoms with Crippen molar-refractivity contribution in [3.63, 3.8) is 0 Å². The number of carbonyl (C=O) groups excluding carboxylic acids is 2. The molecule has 1 saturated heterocycles. The highest BCUT2D eigenvalue weighted by Gasteiger charge is 2.25. The van der Waals surface area contributed by atoms with Crippen LogP contribution in [0.15, 0.2) is 30.5 Å². The number of nitrogens with zero attached hydrogens (tertiary/aromatic N) is 4. The zero-order valence-corrected chi connectivity index (χ0v) is 18.2. The molecule has 0 radical (unpaired) electrons. The van der Waals surface area contributed by atoms with E-state index in [9.17, 15) is 14.0 Å². The van der Waals surface area contributed by atoms with Crippen LogP contribution in [-0.2, 0) is 17.9 Å². The number of anilines is 2. The van der Waals surface area contributed by atoms with Gasteiger partial charge in [-0.15, -0.1) is 0 Å². The fraction of sp³-hybridized carbons (Fsp3) is 0.348. The lowest BCUT2D eigenvalue weighted by Gasteiger charge is -2.36. The smallest absolute Gasteiger partial charge is 0.269 e. The van der Waals surface area contributed by atoms with Gasteiger partial charge in [-0.25, -0.2) is 9.37 Å². The van der Waals surface area contributed by atoms with Crippen molar-refractivity contribution < 1.29 is 18.4 Å². The first-order valence-electron chi connectivity index (χ1n) is 10.9. The Kier molecular flexibility index (Phi) is 5.45. The van der Waals surface area contributed by atoms with E-state index < -0.39 is 17.7 Å². The molecule has 2 N–H and O–H groups in total. The number of rotatable bonds is 4. The minimum Gasteiger partial charge on any atom is -0.365 e. The molecule has 2 aliphatic heterocycles. The average Bonchev–Trinajstić information content (AvgIpc) is 3.14. The molecule has 0 saturated carbocycles. The Bertz CT molecular complexity index is 1250. The highest BCUT2D eigenvalue weighted by molar-refractivity contribution is 6.02. The minimum absolute atomic E-state index is 0.0314. The van der Waals surface area contributed by atoms with Gasteiger partial charge in [0.2, 0.25) is 11.9 Å². The fourth-order valence-electron chi connectivity index (χ4n) is 4.55. The second-order valence-corrected chi connectivity index (χ2v) is 8.32. The van der Waals surface area contributed by atoms with Crippen LogP contribution in [0.1, 0.15) is 22.5 Å². The summed E-state index contributed by atoms with van der Waals surface area (Å²) in [5.41, 5.74) is 1.87. The van der Waals surface area contributed by atoms with Crippen molar-refractivity contribution in [2.45, 2.75) is 19.5 Å². The summed E-state index contributed by atoms with van der Waals surface area (Å²) in [6.07, 6.45) is 2.19. The summed E-state index contributed by atoms with van der Waals surface area (Å²) in [6.45, 7) is 3.22. The number of halogens is 2. The molecular formula is C23H24F2N6O2. The topological polar surface area (TPSA) is 82.5 Å². The molecule has 5 rings (SSSR count). The Morgan fingerprint density at radius 3 is 2.67 bits per heavy atom. The molecule has 2 amide bonds. The molecule has 0 aliphatic carbocycles. The van der Waals surface area contributed by atoms with Gasteiger partial charge in [-0.1, -0.05) is 0 Å². The van der Waals surface area contributed by atoms with E-state index in [1.165, 1.54) is 13.1 Å². The highest BCUT2D eigenvalue weighted by Crippen LogP contribution is 2.33. The lowest BCUT2D eigenvalue weighted by atomic mass is 10.1. The van der Waals surface area contributed by atoms with E-state index in [0.717, 1.165) is 10.9 Å². The van der Waals surface area contributed by atoms with Crippen molar-refractivity contribution in [1.82, 2.24) is 19.8 Å². The quantitative estimate of drug-likeness (QED) is 0.592. The normalized spacial score (nSPS) is 16.6. The summed E-state index contributed by atoms with van der Waals surface area (Å²) in [6, 6.07) is 6.85. The maximum Gasteiger partial charge on any atom is 0.269 e. The molecular weight excluding hydrogens is 430 g/mol. The van der Waals surface area contributed by atoms with E-state index in [1.54, 1.807) is 6.07 Å². The molecule has 1 fully saturated rings. The fourth-order valence-corrected chi connectivity index (χ4v) is 4.55. The molecule has 4 heterocycles. The Morgan fingerprint density at radius 2 is 1.94 bits per heavy atom. The molecule has 33 heavy (non-hydrogen) atoms. The first-order valence-corrected chi connectivity index (χ1v) is 10.9. The summed E-state index contributed by atoms with van der Waals surface area (Å²) >= 11 is 0. The Balaban J connectivity index is 1.31. The van der Waals surface area contributed by atoms with Gasteiger partial charge in [-0.2, -0.15) is 4.39 Å². The number of aromatic nitrogens is 2.